The van der Waals surface area contributed by atoms with Gasteiger partial charge in [-0.3, -0.25) is 9.59 Å². The summed E-state index contributed by atoms with van der Waals surface area (Å²) in [6, 6.07) is 0. The van der Waals surface area contributed by atoms with E-state index in [1.54, 1.807) is 0 Å². The maximum absolute atomic E-state index is 11.1. The zero-order chi connectivity index (χ0) is 11.4. The lowest BCUT2D eigenvalue weighted by Crippen LogP contribution is -2.43. The predicted molar refractivity (Wildman–Crippen MR) is 49.6 cm³/mol. The molecular weight excluding hydrogens is 234 g/mol. The van der Waals surface area contributed by atoms with Gasteiger partial charge in [-0.1, -0.05) is 0 Å². The van der Waals surface area contributed by atoms with Crippen LogP contribution >= 0.6 is 11.6 Å². The Kier molecular flexibility index (Phi) is 4.81. The molecule has 82 valence electrons. The van der Waals surface area contributed by atoms with E-state index in [2.05, 4.69) is 0 Å². The third-order valence-electron chi connectivity index (χ3n) is 1.20. The van der Waals surface area contributed by atoms with Crippen molar-refractivity contribution in [3.63, 3.8) is 0 Å². The summed E-state index contributed by atoms with van der Waals surface area (Å²) in [4.78, 5) is 20.9. The van der Waals surface area contributed by atoms with Gasteiger partial charge in [0.05, 0.1) is 13.1 Å². The molecule has 7 nitrogen and oxygen atoms in total. The van der Waals surface area contributed by atoms with Crippen molar-refractivity contribution in [3.8, 4) is 0 Å². The Hall–Kier alpha value is -0.860. The van der Waals surface area contributed by atoms with E-state index in [0.29, 0.717) is 4.31 Å². The lowest BCUT2D eigenvalue weighted by molar-refractivity contribution is -0.120. The SMILES string of the molecule is NC(=O)CN(CC(N)=O)S(=O)(=O)CCl. The highest BCUT2D eigenvalue weighted by molar-refractivity contribution is 7.90. The Bertz CT molecular complexity index is 312. The molecule has 0 bridgehead atoms. The molecule has 0 unspecified atom stereocenters. The highest BCUT2D eigenvalue weighted by Crippen LogP contribution is 2.02. The summed E-state index contributed by atoms with van der Waals surface area (Å²) in [6.45, 7) is -1.23. The minimum atomic E-state index is -3.85. The van der Waals surface area contributed by atoms with Gasteiger partial charge in [0.15, 0.2) is 0 Å². The number of carbonyl (C=O) groups excluding carboxylic acids is 2. The van der Waals surface area contributed by atoms with E-state index in [1.807, 2.05) is 0 Å². The third-order valence-corrected chi connectivity index (χ3v) is 3.34. The van der Waals surface area contributed by atoms with Crippen molar-refractivity contribution in [2.75, 3.05) is 18.3 Å². The van der Waals surface area contributed by atoms with Gasteiger partial charge in [-0.25, -0.2) is 8.42 Å². The number of nitrogens with zero attached hydrogens (tertiary/aromatic N) is 1. The van der Waals surface area contributed by atoms with E-state index >= 15 is 0 Å². The molecule has 0 radical (unpaired) electrons. The van der Waals surface area contributed by atoms with Gasteiger partial charge in [0.2, 0.25) is 21.8 Å². The number of primary amides is 2. The molecule has 0 saturated carbocycles. The van der Waals surface area contributed by atoms with Crippen LogP contribution in [0.5, 0.6) is 0 Å². The van der Waals surface area contributed by atoms with Gasteiger partial charge in [-0.15, -0.1) is 11.6 Å². The van der Waals surface area contributed by atoms with Crippen LogP contribution in [0.1, 0.15) is 0 Å². The van der Waals surface area contributed by atoms with Crippen molar-refractivity contribution in [2.24, 2.45) is 11.5 Å². The maximum Gasteiger partial charge on any atom is 0.232 e. The van der Waals surface area contributed by atoms with E-state index in [1.165, 1.54) is 0 Å². The van der Waals surface area contributed by atoms with Crippen molar-refractivity contribution >= 4 is 33.4 Å². The van der Waals surface area contributed by atoms with Crippen LogP contribution in [-0.4, -0.2) is 42.8 Å². The lowest BCUT2D eigenvalue weighted by atomic mass is 10.5. The fourth-order valence-corrected chi connectivity index (χ4v) is 1.87. The van der Waals surface area contributed by atoms with Crippen LogP contribution in [0.3, 0.4) is 0 Å². The Morgan fingerprint density at radius 1 is 1.14 bits per heavy atom. The Labute approximate surface area is 86.0 Å². The van der Waals surface area contributed by atoms with Crippen LogP contribution in [0.4, 0.5) is 0 Å². The van der Waals surface area contributed by atoms with Crippen molar-refractivity contribution in [3.05, 3.63) is 0 Å². The molecule has 0 fully saturated rings. The number of hydrogen-bond acceptors (Lipinski definition) is 4. The summed E-state index contributed by atoms with van der Waals surface area (Å²) in [7, 11) is -3.85. The Morgan fingerprint density at radius 2 is 1.50 bits per heavy atom. The molecule has 0 aliphatic rings. The minimum Gasteiger partial charge on any atom is -0.369 e. The van der Waals surface area contributed by atoms with Gasteiger partial charge in [-0.2, -0.15) is 4.31 Å². The van der Waals surface area contributed by atoms with Crippen LogP contribution in [0.25, 0.3) is 0 Å². The number of hydrogen-bond donors (Lipinski definition) is 2. The largest absolute Gasteiger partial charge is 0.369 e. The van der Waals surface area contributed by atoms with E-state index in [4.69, 9.17) is 23.1 Å². The van der Waals surface area contributed by atoms with Crippen LogP contribution in [0.15, 0.2) is 0 Å². The highest BCUT2D eigenvalue weighted by Gasteiger charge is 2.24. The molecule has 0 aromatic carbocycles. The molecule has 2 amide bonds. The first-order chi connectivity index (χ1) is 6.29. The molecule has 0 atom stereocenters. The molecule has 0 aliphatic carbocycles. The average Bonchev–Trinajstić information content (AvgIpc) is 2.01. The lowest BCUT2D eigenvalue weighted by Gasteiger charge is -2.16. The van der Waals surface area contributed by atoms with Crippen molar-refractivity contribution < 1.29 is 18.0 Å². The topological polar surface area (TPSA) is 124 Å². The molecule has 0 aromatic rings. The molecule has 0 heterocycles. The predicted octanol–water partition coefficient (Wildman–Crippen LogP) is -2.21. The number of nitrogens with two attached hydrogens (primary N) is 2. The monoisotopic (exact) mass is 243 g/mol. The van der Waals surface area contributed by atoms with E-state index in [-0.39, 0.29) is 0 Å². The molecule has 9 heteroatoms. The zero-order valence-electron chi connectivity index (χ0n) is 7.14. The maximum atomic E-state index is 11.1. The number of halogens is 1. The summed E-state index contributed by atoms with van der Waals surface area (Å²) in [5.41, 5.74) is 9.56. The standard InChI is InChI=1S/C5H10ClN3O4S/c6-3-14(12,13)9(1-4(7)10)2-5(8)11/h1-3H2,(H2,7,10)(H2,8,11). The quantitative estimate of drug-likeness (QED) is 0.513. The van der Waals surface area contributed by atoms with Crippen LogP contribution in [-0.2, 0) is 19.6 Å². The van der Waals surface area contributed by atoms with Crippen LogP contribution in [0, 0.1) is 0 Å². The highest BCUT2D eigenvalue weighted by atomic mass is 35.5. The Balaban J connectivity index is 4.72. The molecule has 4 N–H and O–H groups in total. The molecule has 14 heavy (non-hydrogen) atoms. The van der Waals surface area contributed by atoms with Gasteiger partial charge < -0.3 is 11.5 Å². The molecule has 0 spiro atoms. The van der Waals surface area contributed by atoms with E-state index < -0.39 is 40.1 Å². The second-order valence-electron chi connectivity index (χ2n) is 2.42. The van der Waals surface area contributed by atoms with Gasteiger partial charge in [0, 0.05) is 0 Å². The van der Waals surface area contributed by atoms with Crippen molar-refractivity contribution in [1.29, 1.82) is 0 Å². The number of alkyl halides is 1. The van der Waals surface area contributed by atoms with Gasteiger partial charge >= 0.3 is 0 Å². The number of sulfonamides is 1. The zero-order valence-corrected chi connectivity index (χ0v) is 8.71. The molecule has 0 aliphatic heterocycles. The molecule has 0 saturated heterocycles. The summed E-state index contributed by atoms with van der Waals surface area (Å²) < 4.78 is 22.8. The fourth-order valence-electron chi connectivity index (χ4n) is 0.669. The summed E-state index contributed by atoms with van der Waals surface area (Å²) in [6.07, 6.45) is 0. The van der Waals surface area contributed by atoms with Crippen LogP contribution in [0.2, 0.25) is 0 Å². The molecule has 0 aromatic heterocycles. The van der Waals surface area contributed by atoms with Crippen molar-refractivity contribution in [2.45, 2.75) is 0 Å². The van der Waals surface area contributed by atoms with Gasteiger partial charge in [0.25, 0.3) is 0 Å². The summed E-state index contributed by atoms with van der Waals surface area (Å²) >= 11 is 5.12. The average molecular weight is 244 g/mol. The van der Waals surface area contributed by atoms with Gasteiger partial charge in [-0.05, 0) is 0 Å². The van der Waals surface area contributed by atoms with Gasteiger partial charge in [0.1, 0.15) is 5.21 Å². The minimum absolute atomic E-state index is 0.532. The second-order valence-corrected chi connectivity index (χ2v) is 4.97. The van der Waals surface area contributed by atoms with E-state index in [9.17, 15) is 18.0 Å². The first-order valence-corrected chi connectivity index (χ1v) is 5.54. The molecular formula is C5H10ClN3O4S. The third kappa shape index (κ3) is 4.40. The summed E-state index contributed by atoms with van der Waals surface area (Å²) in [5, 5.41) is -0.743. The van der Waals surface area contributed by atoms with Crippen LogP contribution < -0.4 is 11.5 Å². The smallest absolute Gasteiger partial charge is 0.232 e. The first-order valence-electron chi connectivity index (χ1n) is 3.40. The molecule has 0 rings (SSSR count). The fraction of sp³-hybridized carbons (Fsp3) is 0.600. The number of rotatable bonds is 6. The first kappa shape index (κ1) is 13.1. The Morgan fingerprint density at radius 3 is 1.71 bits per heavy atom. The summed E-state index contributed by atoms with van der Waals surface area (Å²) in [5.74, 6) is -1.78. The normalized spacial score (nSPS) is 11.6. The second kappa shape index (κ2) is 5.13. The number of carbonyl (C=O) groups is 2. The van der Waals surface area contributed by atoms with E-state index in [0.717, 1.165) is 0 Å². The number of amides is 2. The van der Waals surface area contributed by atoms with Crippen molar-refractivity contribution in [1.82, 2.24) is 4.31 Å².